The number of hydrogen-bond donors (Lipinski definition) is 0. The van der Waals surface area contributed by atoms with E-state index in [4.69, 9.17) is 4.74 Å². The molecule has 24 heavy (non-hydrogen) atoms. The number of rotatable bonds is 4. The Morgan fingerprint density at radius 2 is 2.08 bits per heavy atom. The van der Waals surface area contributed by atoms with E-state index in [-0.39, 0.29) is 5.91 Å². The smallest absolute Gasteiger partial charge is 0.246 e. The number of likely N-dealkylation sites (tertiary alicyclic amines) is 1. The summed E-state index contributed by atoms with van der Waals surface area (Å²) in [7, 11) is 1.68. The lowest BCUT2D eigenvalue weighted by Crippen LogP contribution is -2.32. The summed E-state index contributed by atoms with van der Waals surface area (Å²) in [5.41, 5.74) is 1.29. The predicted octanol–water partition coefficient (Wildman–Crippen LogP) is 4.57. The second-order valence-corrected chi connectivity index (χ2v) is 7.08. The first-order valence-electron chi connectivity index (χ1n) is 8.40. The molecule has 1 fully saturated rings. The summed E-state index contributed by atoms with van der Waals surface area (Å²) in [4.78, 5) is 15.7. The average molecular weight is 341 g/mol. The Kier molecular flexibility index (Phi) is 5.70. The van der Waals surface area contributed by atoms with Crippen molar-refractivity contribution in [1.29, 1.82) is 0 Å². The van der Waals surface area contributed by atoms with E-state index in [0.717, 1.165) is 43.0 Å². The first kappa shape index (κ1) is 16.8. The van der Waals surface area contributed by atoms with Gasteiger partial charge >= 0.3 is 0 Å². The molecule has 0 radical (unpaired) electrons. The van der Waals surface area contributed by atoms with Crippen molar-refractivity contribution in [2.45, 2.75) is 25.2 Å². The molecule has 0 spiro atoms. The normalized spacial score (nSPS) is 18.5. The molecule has 0 saturated carbocycles. The molecular formula is C20H23NO2S. The molecular weight excluding hydrogens is 318 g/mol. The quantitative estimate of drug-likeness (QED) is 0.763. The van der Waals surface area contributed by atoms with E-state index >= 15 is 0 Å². The SMILES string of the molecule is COc1ccc(C2CCCCN(C(=O)C=Cc3cccs3)C2)cc1. The number of benzene rings is 1. The van der Waals surface area contributed by atoms with Crippen molar-refractivity contribution in [1.82, 2.24) is 4.90 Å². The second kappa shape index (κ2) is 8.15. The zero-order valence-corrected chi connectivity index (χ0v) is 14.8. The molecule has 1 aromatic heterocycles. The highest BCUT2D eigenvalue weighted by molar-refractivity contribution is 7.10. The average Bonchev–Trinajstić information content (AvgIpc) is 3.02. The summed E-state index contributed by atoms with van der Waals surface area (Å²) < 4.78 is 5.24. The van der Waals surface area contributed by atoms with Crippen LogP contribution in [0.4, 0.5) is 0 Å². The number of hydrogen-bond acceptors (Lipinski definition) is 3. The van der Waals surface area contributed by atoms with Crippen molar-refractivity contribution < 1.29 is 9.53 Å². The van der Waals surface area contributed by atoms with Crippen LogP contribution in [0, 0.1) is 0 Å². The van der Waals surface area contributed by atoms with Crippen LogP contribution in [0.3, 0.4) is 0 Å². The Morgan fingerprint density at radius 1 is 1.25 bits per heavy atom. The number of thiophene rings is 1. The van der Waals surface area contributed by atoms with Crippen molar-refractivity contribution in [2.24, 2.45) is 0 Å². The maximum atomic E-state index is 12.5. The van der Waals surface area contributed by atoms with Gasteiger partial charge in [-0.2, -0.15) is 0 Å². The van der Waals surface area contributed by atoms with Gasteiger partial charge in [0, 0.05) is 30.0 Å². The molecule has 1 aromatic carbocycles. The van der Waals surface area contributed by atoms with Gasteiger partial charge in [-0.15, -0.1) is 11.3 Å². The molecule has 1 aliphatic rings. The molecule has 4 heteroatoms. The number of amides is 1. The molecule has 0 N–H and O–H groups in total. The van der Waals surface area contributed by atoms with Crippen LogP contribution in [-0.4, -0.2) is 31.0 Å². The second-order valence-electron chi connectivity index (χ2n) is 6.10. The van der Waals surface area contributed by atoms with Gasteiger partial charge in [0.05, 0.1) is 7.11 Å². The molecule has 0 bridgehead atoms. The van der Waals surface area contributed by atoms with Crippen LogP contribution in [-0.2, 0) is 4.79 Å². The molecule has 1 amide bonds. The third-order valence-electron chi connectivity index (χ3n) is 4.50. The summed E-state index contributed by atoms with van der Waals surface area (Å²) in [5.74, 6) is 1.39. The molecule has 3 rings (SSSR count). The molecule has 3 nitrogen and oxygen atoms in total. The van der Waals surface area contributed by atoms with Gasteiger partial charge in [0.2, 0.25) is 5.91 Å². The maximum Gasteiger partial charge on any atom is 0.246 e. The molecule has 2 aromatic rings. The van der Waals surface area contributed by atoms with Crippen LogP contribution >= 0.6 is 11.3 Å². The Balaban J connectivity index is 1.68. The van der Waals surface area contributed by atoms with Crippen LogP contribution in [0.15, 0.2) is 47.9 Å². The Bertz CT molecular complexity index is 676. The first-order valence-corrected chi connectivity index (χ1v) is 9.28. The van der Waals surface area contributed by atoms with Crippen molar-refractivity contribution in [3.63, 3.8) is 0 Å². The maximum absolute atomic E-state index is 12.5. The van der Waals surface area contributed by atoms with E-state index in [1.807, 2.05) is 40.6 Å². The Morgan fingerprint density at radius 3 is 2.79 bits per heavy atom. The molecule has 1 unspecified atom stereocenters. The number of carbonyl (C=O) groups excluding carboxylic acids is 1. The zero-order chi connectivity index (χ0) is 16.8. The molecule has 1 saturated heterocycles. The van der Waals surface area contributed by atoms with E-state index < -0.39 is 0 Å². The van der Waals surface area contributed by atoms with E-state index in [0.29, 0.717) is 5.92 Å². The molecule has 2 heterocycles. The standard InChI is InChI=1S/C20H23NO2S/c1-23-18-9-7-16(8-10-18)17-5-2-3-13-21(15-17)20(22)12-11-19-6-4-14-24-19/h4,6-12,14,17H,2-3,5,13,15H2,1H3. The minimum atomic E-state index is 0.115. The number of carbonyl (C=O) groups is 1. The van der Waals surface area contributed by atoms with E-state index in [2.05, 4.69) is 12.1 Å². The fourth-order valence-electron chi connectivity index (χ4n) is 3.14. The van der Waals surface area contributed by atoms with Crippen molar-refractivity contribution in [3.8, 4) is 5.75 Å². The monoisotopic (exact) mass is 341 g/mol. The predicted molar refractivity (Wildman–Crippen MR) is 99.5 cm³/mol. The van der Waals surface area contributed by atoms with Crippen LogP contribution in [0.25, 0.3) is 6.08 Å². The lowest BCUT2D eigenvalue weighted by atomic mass is 9.94. The van der Waals surface area contributed by atoms with Gasteiger partial charge in [-0.3, -0.25) is 4.79 Å². The summed E-state index contributed by atoms with van der Waals surface area (Å²) in [6.45, 7) is 1.64. The molecule has 0 aliphatic carbocycles. The first-order chi connectivity index (χ1) is 11.8. The summed E-state index contributed by atoms with van der Waals surface area (Å²) in [6.07, 6.45) is 6.99. The minimum absolute atomic E-state index is 0.115. The van der Waals surface area contributed by atoms with E-state index in [9.17, 15) is 4.79 Å². The number of nitrogens with zero attached hydrogens (tertiary/aromatic N) is 1. The summed E-state index contributed by atoms with van der Waals surface area (Å²) >= 11 is 1.65. The van der Waals surface area contributed by atoms with Crippen molar-refractivity contribution in [3.05, 3.63) is 58.3 Å². The minimum Gasteiger partial charge on any atom is -0.497 e. The lowest BCUT2D eigenvalue weighted by Gasteiger charge is -2.24. The highest BCUT2D eigenvalue weighted by atomic mass is 32.1. The Hall–Kier alpha value is -2.07. The highest BCUT2D eigenvalue weighted by Gasteiger charge is 2.22. The van der Waals surface area contributed by atoms with E-state index in [1.54, 1.807) is 24.5 Å². The van der Waals surface area contributed by atoms with E-state index in [1.165, 1.54) is 5.56 Å². The summed E-state index contributed by atoms with van der Waals surface area (Å²) in [6, 6.07) is 12.3. The van der Waals surface area contributed by atoms with Crippen molar-refractivity contribution >= 4 is 23.3 Å². The fourth-order valence-corrected chi connectivity index (χ4v) is 3.75. The molecule has 126 valence electrons. The van der Waals surface area contributed by atoms with Gasteiger partial charge in [0.15, 0.2) is 0 Å². The number of methoxy groups -OCH3 is 1. The summed E-state index contributed by atoms with van der Waals surface area (Å²) in [5, 5.41) is 2.02. The molecule has 1 aliphatic heterocycles. The fraction of sp³-hybridized carbons (Fsp3) is 0.350. The van der Waals surface area contributed by atoms with Crippen LogP contribution in [0.1, 0.15) is 35.6 Å². The van der Waals surface area contributed by atoms with Gasteiger partial charge in [-0.25, -0.2) is 0 Å². The van der Waals surface area contributed by atoms with Gasteiger partial charge in [0.25, 0.3) is 0 Å². The van der Waals surface area contributed by atoms with Crippen LogP contribution < -0.4 is 4.74 Å². The lowest BCUT2D eigenvalue weighted by molar-refractivity contribution is -0.126. The Labute approximate surface area is 147 Å². The van der Waals surface area contributed by atoms with Gasteiger partial charge in [-0.1, -0.05) is 24.6 Å². The van der Waals surface area contributed by atoms with Crippen LogP contribution in [0.2, 0.25) is 0 Å². The van der Waals surface area contributed by atoms with Gasteiger partial charge < -0.3 is 9.64 Å². The van der Waals surface area contributed by atoms with Crippen molar-refractivity contribution in [2.75, 3.05) is 20.2 Å². The topological polar surface area (TPSA) is 29.5 Å². The number of ether oxygens (including phenoxy) is 1. The molecule has 1 atom stereocenters. The highest BCUT2D eigenvalue weighted by Crippen LogP contribution is 2.28. The third kappa shape index (κ3) is 4.26. The van der Waals surface area contributed by atoms with Crippen LogP contribution in [0.5, 0.6) is 5.75 Å². The third-order valence-corrected chi connectivity index (χ3v) is 5.34. The van der Waals surface area contributed by atoms with Gasteiger partial charge in [0.1, 0.15) is 5.75 Å². The largest absolute Gasteiger partial charge is 0.497 e. The van der Waals surface area contributed by atoms with Gasteiger partial charge in [-0.05, 0) is 48.1 Å². The zero-order valence-electron chi connectivity index (χ0n) is 14.0.